The van der Waals surface area contributed by atoms with Crippen LogP contribution in [0.15, 0.2) is 54.7 Å². The summed E-state index contributed by atoms with van der Waals surface area (Å²) in [5.74, 6) is 1.58. The first-order valence-corrected chi connectivity index (χ1v) is 13.1. The maximum Gasteiger partial charge on any atom is 0.254 e. The fourth-order valence-electron chi connectivity index (χ4n) is 4.64. The molecule has 0 spiro atoms. The van der Waals surface area contributed by atoms with Gasteiger partial charge in [-0.1, -0.05) is 37.6 Å². The number of aryl methyl sites for hydroxylation is 1. The molecule has 0 N–H and O–H groups in total. The molecule has 7 nitrogen and oxygen atoms in total. The van der Waals surface area contributed by atoms with Crippen LogP contribution in [0.1, 0.15) is 42.9 Å². The Kier molecular flexibility index (Phi) is 7.37. The number of hydrogen-bond acceptors (Lipinski definition) is 5. The molecule has 1 fully saturated rings. The third-order valence-corrected chi connectivity index (χ3v) is 6.84. The average molecular weight is 521 g/mol. The quantitative estimate of drug-likeness (QED) is 0.333. The van der Waals surface area contributed by atoms with Crippen LogP contribution in [0, 0.1) is 11.7 Å². The second-order valence-electron chi connectivity index (χ2n) is 9.81. The van der Waals surface area contributed by atoms with E-state index in [9.17, 15) is 9.18 Å². The summed E-state index contributed by atoms with van der Waals surface area (Å²) < 4.78 is 15.5. The SMILES string of the molecule is CC(C)CCc1nc(N2CCCN(C(=O)c3cccc(F)c3)CC2)c2cnn(-c3cccc(Cl)c3)c2n1. The molecule has 1 saturated heterocycles. The lowest BCUT2D eigenvalue weighted by Gasteiger charge is -2.24. The van der Waals surface area contributed by atoms with E-state index in [4.69, 9.17) is 21.6 Å². The Labute approximate surface area is 220 Å². The van der Waals surface area contributed by atoms with E-state index >= 15 is 0 Å². The number of benzene rings is 2. The van der Waals surface area contributed by atoms with Crippen molar-refractivity contribution in [3.63, 3.8) is 0 Å². The number of carbonyl (C=O) groups excluding carboxylic acids is 1. The Bertz CT molecular complexity index is 1420. The van der Waals surface area contributed by atoms with Crippen molar-refractivity contribution in [3.8, 4) is 5.69 Å². The molecule has 1 aliphatic rings. The van der Waals surface area contributed by atoms with E-state index < -0.39 is 5.82 Å². The number of anilines is 1. The monoisotopic (exact) mass is 520 g/mol. The van der Waals surface area contributed by atoms with Gasteiger partial charge in [0.05, 0.1) is 17.3 Å². The van der Waals surface area contributed by atoms with Crippen molar-refractivity contribution in [2.24, 2.45) is 5.92 Å². The molecule has 1 amide bonds. The lowest BCUT2D eigenvalue weighted by molar-refractivity contribution is 0.0766. The number of halogens is 2. The molecule has 0 atom stereocenters. The molecule has 5 rings (SSSR count). The van der Waals surface area contributed by atoms with Crippen molar-refractivity contribution < 1.29 is 9.18 Å². The summed E-state index contributed by atoms with van der Waals surface area (Å²) in [6.07, 6.45) is 4.32. The molecule has 3 heterocycles. The first-order valence-electron chi connectivity index (χ1n) is 12.7. The Hall–Kier alpha value is -3.52. The van der Waals surface area contributed by atoms with Gasteiger partial charge in [0, 0.05) is 43.2 Å². The minimum Gasteiger partial charge on any atom is -0.354 e. The van der Waals surface area contributed by atoms with Gasteiger partial charge in [0.1, 0.15) is 17.5 Å². The zero-order valence-electron chi connectivity index (χ0n) is 21.1. The molecule has 192 valence electrons. The van der Waals surface area contributed by atoms with E-state index in [1.165, 1.54) is 12.1 Å². The molecular weight excluding hydrogens is 491 g/mol. The fraction of sp³-hybridized carbons (Fsp3) is 0.357. The van der Waals surface area contributed by atoms with Gasteiger partial charge in [0.15, 0.2) is 5.65 Å². The normalized spacial score (nSPS) is 14.4. The summed E-state index contributed by atoms with van der Waals surface area (Å²) in [5, 5.41) is 6.13. The number of aromatic nitrogens is 4. The van der Waals surface area contributed by atoms with Gasteiger partial charge in [0.2, 0.25) is 0 Å². The van der Waals surface area contributed by atoms with Crippen molar-refractivity contribution in [1.29, 1.82) is 0 Å². The Morgan fingerprint density at radius 3 is 2.68 bits per heavy atom. The predicted octanol–water partition coefficient (Wildman–Crippen LogP) is 5.55. The number of hydrogen-bond donors (Lipinski definition) is 0. The number of carbonyl (C=O) groups is 1. The maximum absolute atomic E-state index is 13.7. The van der Waals surface area contributed by atoms with Gasteiger partial charge in [-0.3, -0.25) is 4.79 Å². The summed E-state index contributed by atoms with van der Waals surface area (Å²) in [4.78, 5) is 26.9. The third kappa shape index (κ3) is 5.59. The topological polar surface area (TPSA) is 67.2 Å². The zero-order valence-corrected chi connectivity index (χ0v) is 21.8. The van der Waals surface area contributed by atoms with Crippen LogP contribution in [-0.2, 0) is 6.42 Å². The molecular formula is C28H30ClFN6O. The first kappa shape index (κ1) is 25.1. The highest BCUT2D eigenvalue weighted by Gasteiger charge is 2.24. The van der Waals surface area contributed by atoms with Gasteiger partial charge in [0.25, 0.3) is 5.91 Å². The molecule has 0 unspecified atom stereocenters. The second-order valence-corrected chi connectivity index (χ2v) is 10.2. The lowest BCUT2D eigenvalue weighted by Crippen LogP contribution is -2.35. The highest BCUT2D eigenvalue weighted by Crippen LogP contribution is 2.28. The van der Waals surface area contributed by atoms with E-state index in [1.54, 1.807) is 23.2 Å². The number of nitrogens with zero attached hydrogens (tertiary/aromatic N) is 6. The van der Waals surface area contributed by atoms with Crippen LogP contribution in [0.4, 0.5) is 10.2 Å². The minimum atomic E-state index is -0.406. The molecule has 0 saturated carbocycles. The second kappa shape index (κ2) is 10.8. The number of amides is 1. The molecule has 4 aromatic rings. The summed E-state index contributed by atoms with van der Waals surface area (Å²) in [6, 6.07) is 13.4. The van der Waals surface area contributed by atoms with Crippen LogP contribution >= 0.6 is 11.6 Å². The van der Waals surface area contributed by atoms with E-state index in [2.05, 4.69) is 23.8 Å². The first-order chi connectivity index (χ1) is 17.9. The van der Waals surface area contributed by atoms with E-state index in [-0.39, 0.29) is 5.91 Å². The molecule has 37 heavy (non-hydrogen) atoms. The molecule has 0 bridgehead atoms. The highest BCUT2D eigenvalue weighted by atomic mass is 35.5. The maximum atomic E-state index is 13.7. The van der Waals surface area contributed by atoms with Gasteiger partial charge < -0.3 is 9.80 Å². The average Bonchev–Trinajstić information content (AvgIpc) is 3.15. The third-order valence-electron chi connectivity index (χ3n) is 6.61. The summed E-state index contributed by atoms with van der Waals surface area (Å²) >= 11 is 6.26. The van der Waals surface area contributed by atoms with Crippen LogP contribution in [0.5, 0.6) is 0 Å². The van der Waals surface area contributed by atoms with E-state index in [0.29, 0.717) is 36.1 Å². The highest BCUT2D eigenvalue weighted by molar-refractivity contribution is 6.30. The molecule has 1 aliphatic heterocycles. The van der Waals surface area contributed by atoms with Crippen LogP contribution in [-0.4, -0.2) is 56.7 Å². The smallest absolute Gasteiger partial charge is 0.254 e. The molecule has 9 heteroatoms. The molecule has 2 aromatic carbocycles. The number of fused-ring (bicyclic) bond motifs is 1. The van der Waals surface area contributed by atoms with Crippen molar-refractivity contribution >= 4 is 34.4 Å². The van der Waals surface area contributed by atoms with Gasteiger partial charge in [-0.2, -0.15) is 5.10 Å². The summed E-state index contributed by atoms with van der Waals surface area (Å²) in [6.45, 7) is 6.85. The number of rotatable bonds is 6. The van der Waals surface area contributed by atoms with Gasteiger partial charge in [-0.15, -0.1) is 0 Å². The van der Waals surface area contributed by atoms with Gasteiger partial charge in [-0.25, -0.2) is 19.0 Å². The zero-order chi connectivity index (χ0) is 25.9. The molecule has 2 aromatic heterocycles. The Balaban J connectivity index is 1.47. The van der Waals surface area contributed by atoms with Crippen LogP contribution in [0.3, 0.4) is 0 Å². The van der Waals surface area contributed by atoms with Gasteiger partial charge in [-0.05, 0) is 55.2 Å². The Morgan fingerprint density at radius 2 is 1.89 bits per heavy atom. The van der Waals surface area contributed by atoms with Crippen LogP contribution in [0.2, 0.25) is 5.02 Å². The standard InChI is InChI=1S/C28H30ClFN6O/c1-19(2)10-11-25-32-26(24-18-31-36(27(24)33-25)23-9-4-7-21(29)17-23)34-12-5-13-35(15-14-34)28(37)20-6-3-8-22(30)16-20/h3-4,6-9,16-19H,5,10-15H2,1-2H3. The minimum absolute atomic E-state index is 0.152. The molecule has 0 radical (unpaired) electrons. The predicted molar refractivity (Wildman–Crippen MR) is 144 cm³/mol. The van der Waals surface area contributed by atoms with E-state index in [0.717, 1.165) is 54.2 Å². The van der Waals surface area contributed by atoms with Crippen molar-refractivity contribution in [2.45, 2.75) is 33.1 Å². The van der Waals surface area contributed by atoms with Crippen LogP contribution in [0.25, 0.3) is 16.7 Å². The van der Waals surface area contributed by atoms with Crippen molar-refractivity contribution in [1.82, 2.24) is 24.6 Å². The van der Waals surface area contributed by atoms with Gasteiger partial charge >= 0.3 is 0 Å². The van der Waals surface area contributed by atoms with Crippen molar-refractivity contribution in [2.75, 3.05) is 31.1 Å². The summed E-state index contributed by atoms with van der Waals surface area (Å²) in [7, 11) is 0. The Morgan fingerprint density at radius 1 is 1.05 bits per heavy atom. The fourth-order valence-corrected chi connectivity index (χ4v) is 4.83. The largest absolute Gasteiger partial charge is 0.354 e. The van der Waals surface area contributed by atoms with Crippen LogP contribution < -0.4 is 4.90 Å². The lowest BCUT2D eigenvalue weighted by atomic mass is 10.1. The van der Waals surface area contributed by atoms with Crippen molar-refractivity contribution in [3.05, 3.63) is 77.0 Å². The van der Waals surface area contributed by atoms with E-state index in [1.807, 2.05) is 28.9 Å². The molecule has 0 aliphatic carbocycles. The summed E-state index contributed by atoms with van der Waals surface area (Å²) in [5.41, 5.74) is 1.95.